The highest BCUT2D eigenvalue weighted by molar-refractivity contribution is 7.12. The minimum Gasteiger partial charge on any atom is -0.480 e. The maximum atomic E-state index is 11.8. The lowest BCUT2D eigenvalue weighted by atomic mass is 10.1. The first-order valence-electron chi connectivity index (χ1n) is 7.42. The summed E-state index contributed by atoms with van der Waals surface area (Å²) in [5.74, 6) is -1.67. The van der Waals surface area contributed by atoms with Crippen molar-refractivity contribution in [3.05, 3.63) is 22.4 Å². The fraction of sp³-hybridized carbons (Fsp3) is 0.562. The third-order valence-electron chi connectivity index (χ3n) is 2.95. The van der Waals surface area contributed by atoms with Crippen LogP contribution in [0.2, 0.25) is 0 Å². The Balaban J connectivity index is 2.39. The average molecular weight is 341 g/mol. The number of ketones is 1. The van der Waals surface area contributed by atoms with Crippen LogP contribution in [0.25, 0.3) is 0 Å². The Morgan fingerprint density at radius 1 is 1.30 bits per heavy atom. The van der Waals surface area contributed by atoms with Crippen molar-refractivity contribution in [1.82, 2.24) is 5.32 Å². The third-order valence-corrected chi connectivity index (χ3v) is 3.86. The summed E-state index contributed by atoms with van der Waals surface area (Å²) in [6.45, 7) is 5.85. The Kier molecular flexibility index (Phi) is 7.38. The topological polar surface area (TPSA) is 92.7 Å². The van der Waals surface area contributed by atoms with Gasteiger partial charge in [-0.15, -0.1) is 11.3 Å². The Labute approximate surface area is 139 Å². The van der Waals surface area contributed by atoms with Gasteiger partial charge in [-0.1, -0.05) is 6.07 Å². The molecule has 1 amide bonds. The van der Waals surface area contributed by atoms with Crippen LogP contribution >= 0.6 is 11.3 Å². The fourth-order valence-corrected chi connectivity index (χ4v) is 2.49. The molecule has 0 saturated carbocycles. The summed E-state index contributed by atoms with van der Waals surface area (Å²) in [6.07, 6.45) is 0.217. The van der Waals surface area contributed by atoms with Crippen molar-refractivity contribution in [1.29, 1.82) is 0 Å². The lowest BCUT2D eigenvalue weighted by Gasteiger charge is -2.21. The Bertz CT molecular complexity index is 533. The number of aliphatic carboxylic acids is 1. The number of hydrogen-bond acceptors (Lipinski definition) is 5. The monoisotopic (exact) mass is 341 g/mol. The number of rotatable bonds is 9. The SMILES string of the molecule is CC(C)(C)OCCC(NC(=O)CCC(=O)c1cccs1)C(=O)O. The minimum atomic E-state index is -1.11. The predicted octanol–water partition coefficient (Wildman–Crippen LogP) is 2.49. The highest BCUT2D eigenvalue weighted by atomic mass is 32.1. The maximum Gasteiger partial charge on any atom is 0.326 e. The van der Waals surface area contributed by atoms with Crippen molar-refractivity contribution >= 4 is 29.0 Å². The van der Waals surface area contributed by atoms with Gasteiger partial charge in [-0.3, -0.25) is 9.59 Å². The number of thiophene rings is 1. The second kappa shape index (κ2) is 8.79. The van der Waals surface area contributed by atoms with E-state index in [9.17, 15) is 14.4 Å². The van der Waals surface area contributed by atoms with E-state index >= 15 is 0 Å². The fourth-order valence-electron chi connectivity index (χ4n) is 1.79. The molecule has 1 rings (SSSR count). The summed E-state index contributed by atoms with van der Waals surface area (Å²) < 4.78 is 5.47. The molecule has 0 bridgehead atoms. The molecule has 2 N–H and O–H groups in total. The molecule has 0 aliphatic carbocycles. The number of amides is 1. The Morgan fingerprint density at radius 3 is 2.52 bits per heavy atom. The lowest BCUT2D eigenvalue weighted by Crippen LogP contribution is -2.42. The summed E-state index contributed by atoms with van der Waals surface area (Å²) in [6, 6.07) is 2.46. The molecule has 1 heterocycles. The molecule has 0 fully saturated rings. The van der Waals surface area contributed by atoms with Gasteiger partial charge in [0, 0.05) is 25.9 Å². The van der Waals surface area contributed by atoms with Crippen LogP contribution in [0.5, 0.6) is 0 Å². The summed E-state index contributed by atoms with van der Waals surface area (Å²) in [5.41, 5.74) is -0.361. The number of carbonyl (C=O) groups excluding carboxylic acids is 2. The van der Waals surface area contributed by atoms with E-state index in [1.54, 1.807) is 17.5 Å². The molecule has 1 aromatic rings. The summed E-state index contributed by atoms with van der Waals surface area (Å²) in [5, 5.41) is 13.4. The highest BCUT2D eigenvalue weighted by Gasteiger charge is 2.21. The van der Waals surface area contributed by atoms with Crippen LogP contribution in [0.4, 0.5) is 0 Å². The van der Waals surface area contributed by atoms with Gasteiger partial charge in [0.2, 0.25) is 5.91 Å². The highest BCUT2D eigenvalue weighted by Crippen LogP contribution is 2.12. The van der Waals surface area contributed by atoms with E-state index in [1.807, 2.05) is 20.8 Å². The number of ether oxygens (including phenoxy) is 1. The van der Waals surface area contributed by atoms with Crippen molar-refractivity contribution in [2.45, 2.75) is 51.7 Å². The minimum absolute atomic E-state index is 0.0271. The van der Waals surface area contributed by atoms with Crippen molar-refractivity contribution in [3.63, 3.8) is 0 Å². The van der Waals surface area contributed by atoms with Gasteiger partial charge in [0.05, 0.1) is 10.5 Å². The van der Waals surface area contributed by atoms with Gasteiger partial charge in [0.15, 0.2) is 5.78 Å². The van der Waals surface area contributed by atoms with Gasteiger partial charge in [-0.2, -0.15) is 0 Å². The number of carbonyl (C=O) groups is 3. The van der Waals surface area contributed by atoms with Gasteiger partial charge >= 0.3 is 5.97 Å². The third kappa shape index (κ3) is 7.90. The van der Waals surface area contributed by atoms with Crippen LogP contribution < -0.4 is 5.32 Å². The van der Waals surface area contributed by atoms with E-state index in [0.29, 0.717) is 4.88 Å². The first-order valence-corrected chi connectivity index (χ1v) is 8.30. The smallest absolute Gasteiger partial charge is 0.326 e. The van der Waals surface area contributed by atoms with Crippen LogP contribution in [-0.2, 0) is 14.3 Å². The standard InChI is InChI=1S/C16H23NO5S/c1-16(2,3)22-9-8-11(15(20)21)17-14(19)7-6-12(18)13-5-4-10-23-13/h4-5,10-11H,6-9H2,1-3H3,(H,17,19)(H,20,21). The number of Topliss-reactive ketones (excluding diaryl/α,β-unsaturated/α-hetero) is 1. The van der Waals surface area contributed by atoms with Crippen molar-refractivity contribution < 1.29 is 24.2 Å². The van der Waals surface area contributed by atoms with Crippen LogP contribution in [0.1, 0.15) is 49.7 Å². The van der Waals surface area contributed by atoms with E-state index < -0.39 is 17.9 Å². The normalized spacial score (nSPS) is 12.7. The van der Waals surface area contributed by atoms with E-state index in [4.69, 9.17) is 9.84 Å². The van der Waals surface area contributed by atoms with Gasteiger partial charge in [-0.05, 0) is 32.2 Å². The molecule has 1 atom stereocenters. The molecule has 0 aromatic carbocycles. The zero-order valence-electron chi connectivity index (χ0n) is 13.6. The van der Waals surface area contributed by atoms with Crippen molar-refractivity contribution in [2.75, 3.05) is 6.61 Å². The molecular weight excluding hydrogens is 318 g/mol. The molecule has 0 aliphatic heterocycles. The second-order valence-electron chi connectivity index (χ2n) is 6.11. The van der Waals surface area contributed by atoms with Crippen LogP contribution in [0.3, 0.4) is 0 Å². The zero-order chi connectivity index (χ0) is 17.5. The summed E-state index contributed by atoms with van der Waals surface area (Å²) in [7, 11) is 0. The largest absolute Gasteiger partial charge is 0.480 e. The molecule has 0 aliphatic rings. The Hall–Kier alpha value is -1.73. The molecule has 1 unspecified atom stereocenters. The number of nitrogens with one attached hydrogen (secondary N) is 1. The summed E-state index contributed by atoms with van der Waals surface area (Å²) in [4.78, 5) is 35.4. The molecule has 7 heteroatoms. The first-order chi connectivity index (χ1) is 10.7. The maximum absolute atomic E-state index is 11.8. The van der Waals surface area contributed by atoms with Gasteiger partial charge in [-0.25, -0.2) is 4.79 Å². The second-order valence-corrected chi connectivity index (χ2v) is 7.06. The van der Waals surface area contributed by atoms with Crippen molar-refractivity contribution in [2.24, 2.45) is 0 Å². The van der Waals surface area contributed by atoms with Gasteiger partial charge in [0.1, 0.15) is 6.04 Å². The zero-order valence-corrected chi connectivity index (χ0v) is 14.4. The summed E-state index contributed by atoms with van der Waals surface area (Å²) >= 11 is 1.32. The Morgan fingerprint density at radius 2 is 2.00 bits per heavy atom. The lowest BCUT2D eigenvalue weighted by molar-refractivity contribution is -0.142. The van der Waals surface area contributed by atoms with Gasteiger partial charge in [0.25, 0.3) is 0 Å². The van der Waals surface area contributed by atoms with Crippen LogP contribution in [0, 0.1) is 0 Å². The van der Waals surface area contributed by atoms with E-state index in [-0.39, 0.29) is 37.3 Å². The van der Waals surface area contributed by atoms with E-state index in [1.165, 1.54) is 11.3 Å². The number of hydrogen-bond donors (Lipinski definition) is 2. The number of carboxylic acid groups (broad SMARTS) is 1. The molecule has 0 radical (unpaired) electrons. The molecule has 0 spiro atoms. The van der Waals surface area contributed by atoms with Crippen LogP contribution in [0.15, 0.2) is 17.5 Å². The molecule has 23 heavy (non-hydrogen) atoms. The molecule has 0 saturated heterocycles. The molecular formula is C16H23NO5S. The van der Waals surface area contributed by atoms with Crippen molar-refractivity contribution in [3.8, 4) is 0 Å². The molecule has 1 aromatic heterocycles. The van der Waals surface area contributed by atoms with Crippen LogP contribution in [-0.4, -0.2) is 41.0 Å². The van der Waals surface area contributed by atoms with Gasteiger partial charge < -0.3 is 15.2 Å². The predicted molar refractivity (Wildman–Crippen MR) is 87.8 cm³/mol. The average Bonchev–Trinajstić information content (AvgIpc) is 2.96. The molecule has 128 valence electrons. The van der Waals surface area contributed by atoms with E-state index in [0.717, 1.165) is 0 Å². The quantitative estimate of drug-likeness (QED) is 0.673. The first kappa shape index (κ1) is 19.3. The number of carboxylic acids is 1. The molecule has 6 nitrogen and oxygen atoms in total. The van der Waals surface area contributed by atoms with E-state index in [2.05, 4.69) is 5.32 Å².